The van der Waals surface area contributed by atoms with E-state index in [1.165, 1.54) is 0 Å². The Morgan fingerprint density at radius 1 is 1.05 bits per heavy atom. The zero-order chi connectivity index (χ0) is 15.4. The molecule has 110 valence electrons. The van der Waals surface area contributed by atoms with E-state index in [9.17, 15) is 4.79 Å². The molecule has 0 saturated heterocycles. The molecule has 0 aromatic carbocycles. The minimum absolute atomic E-state index is 0.125. The fraction of sp³-hybridized carbons (Fsp3) is 0.0625. The molecule has 2 N–H and O–H groups in total. The van der Waals surface area contributed by atoms with Gasteiger partial charge in [0.1, 0.15) is 11.5 Å². The Kier molecular flexibility index (Phi) is 3.82. The van der Waals surface area contributed by atoms with E-state index >= 15 is 0 Å². The van der Waals surface area contributed by atoms with Crippen LogP contribution in [0.4, 0.5) is 4.79 Å². The van der Waals surface area contributed by atoms with Crippen molar-refractivity contribution >= 4 is 6.09 Å². The quantitative estimate of drug-likeness (QED) is 0.771. The molecule has 3 aromatic rings. The number of carbonyl (C=O) groups is 1. The van der Waals surface area contributed by atoms with Crippen LogP contribution < -0.4 is 5.32 Å². The van der Waals surface area contributed by atoms with E-state index in [-0.39, 0.29) is 6.54 Å². The molecule has 22 heavy (non-hydrogen) atoms. The van der Waals surface area contributed by atoms with Gasteiger partial charge in [-0.15, -0.1) is 0 Å². The second-order valence-corrected chi connectivity index (χ2v) is 4.58. The van der Waals surface area contributed by atoms with Crippen LogP contribution in [0.1, 0.15) is 5.76 Å². The molecule has 0 aliphatic carbocycles. The Morgan fingerprint density at radius 3 is 2.59 bits per heavy atom. The van der Waals surface area contributed by atoms with Crippen molar-refractivity contribution in [2.75, 3.05) is 0 Å². The van der Waals surface area contributed by atoms with Crippen molar-refractivity contribution in [2.45, 2.75) is 6.54 Å². The van der Waals surface area contributed by atoms with Gasteiger partial charge in [-0.2, -0.15) is 0 Å². The molecule has 3 heterocycles. The minimum Gasteiger partial charge on any atom is -0.465 e. The molecule has 3 aromatic heterocycles. The number of carboxylic acid groups (broad SMARTS) is 1. The van der Waals surface area contributed by atoms with Gasteiger partial charge in [0.25, 0.3) is 0 Å². The van der Waals surface area contributed by atoms with Crippen molar-refractivity contribution in [1.82, 2.24) is 15.3 Å². The molecule has 3 rings (SSSR count). The highest BCUT2D eigenvalue weighted by Crippen LogP contribution is 2.31. The molecular weight excluding hydrogens is 282 g/mol. The number of furan rings is 1. The first kappa shape index (κ1) is 13.8. The second kappa shape index (κ2) is 6.09. The maximum Gasteiger partial charge on any atom is 0.405 e. The predicted molar refractivity (Wildman–Crippen MR) is 80.0 cm³/mol. The van der Waals surface area contributed by atoms with E-state index < -0.39 is 6.09 Å². The summed E-state index contributed by atoms with van der Waals surface area (Å²) in [6, 6.07) is 9.28. The number of nitrogens with zero attached hydrogens (tertiary/aromatic N) is 2. The number of pyridine rings is 2. The van der Waals surface area contributed by atoms with Crippen LogP contribution in [-0.2, 0) is 6.54 Å². The van der Waals surface area contributed by atoms with Crippen LogP contribution >= 0.6 is 0 Å². The summed E-state index contributed by atoms with van der Waals surface area (Å²) in [5, 5.41) is 10.9. The number of aromatic nitrogens is 2. The summed E-state index contributed by atoms with van der Waals surface area (Å²) in [7, 11) is 0. The van der Waals surface area contributed by atoms with Crippen LogP contribution in [-0.4, -0.2) is 21.2 Å². The maximum atomic E-state index is 10.5. The zero-order valence-corrected chi connectivity index (χ0v) is 11.6. The third-order valence-corrected chi connectivity index (χ3v) is 3.15. The number of amides is 1. The van der Waals surface area contributed by atoms with Gasteiger partial charge < -0.3 is 14.8 Å². The van der Waals surface area contributed by atoms with Crippen molar-refractivity contribution in [3.05, 3.63) is 60.9 Å². The molecule has 0 fully saturated rings. The average Bonchev–Trinajstić information content (AvgIpc) is 3.03. The van der Waals surface area contributed by atoms with Crippen LogP contribution in [0.15, 0.2) is 59.5 Å². The lowest BCUT2D eigenvalue weighted by Crippen LogP contribution is -2.19. The largest absolute Gasteiger partial charge is 0.465 e. The van der Waals surface area contributed by atoms with E-state index in [1.54, 1.807) is 36.9 Å². The topological polar surface area (TPSA) is 88.2 Å². The molecule has 0 atom stereocenters. The third kappa shape index (κ3) is 2.95. The molecule has 0 spiro atoms. The van der Waals surface area contributed by atoms with Crippen LogP contribution in [0.2, 0.25) is 0 Å². The lowest BCUT2D eigenvalue weighted by molar-refractivity contribution is 0.193. The smallest absolute Gasteiger partial charge is 0.405 e. The second-order valence-electron chi connectivity index (χ2n) is 4.58. The molecule has 6 nitrogen and oxygen atoms in total. The van der Waals surface area contributed by atoms with Crippen LogP contribution in [0, 0.1) is 0 Å². The van der Waals surface area contributed by atoms with Gasteiger partial charge in [-0.3, -0.25) is 9.97 Å². The molecule has 0 aliphatic heterocycles. The first-order valence-electron chi connectivity index (χ1n) is 6.64. The van der Waals surface area contributed by atoms with Gasteiger partial charge >= 0.3 is 6.09 Å². The van der Waals surface area contributed by atoms with Crippen molar-refractivity contribution in [3.63, 3.8) is 0 Å². The highest BCUT2D eigenvalue weighted by molar-refractivity contribution is 5.80. The van der Waals surface area contributed by atoms with Gasteiger partial charge in [0, 0.05) is 30.4 Å². The van der Waals surface area contributed by atoms with Crippen LogP contribution in [0.5, 0.6) is 0 Å². The van der Waals surface area contributed by atoms with E-state index in [1.807, 2.05) is 18.2 Å². The Morgan fingerprint density at radius 2 is 1.82 bits per heavy atom. The summed E-state index contributed by atoms with van der Waals surface area (Å²) in [4.78, 5) is 18.7. The van der Waals surface area contributed by atoms with Gasteiger partial charge in [-0.1, -0.05) is 0 Å². The first-order chi connectivity index (χ1) is 10.7. The van der Waals surface area contributed by atoms with Gasteiger partial charge in [-0.05, 0) is 41.5 Å². The Hall–Kier alpha value is -3.15. The molecule has 0 unspecified atom stereocenters. The lowest BCUT2D eigenvalue weighted by Gasteiger charge is -2.06. The van der Waals surface area contributed by atoms with Gasteiger partial charge in [0.05, 0.1) is 6.54 Å². The summed E-state index contributed by atoms with van der Waals surface area (Å²) < 4.78 is 5.70. The third-order valence-electron chi connectivity index (χ3n) is 3.15. The van der Waals surface area contributed by atoms with Crippen LogP contribution in [0.3, 0.4) is 0 Å². The molecule has 0 radical (unpaired) electrons. The summed E-state index contributed by atoms with van der Waals surface area (Å²) >= 11 is 0. The Labute approximate surface area is 126 Å². The number of nitrogens with one attached hydrogen (secondary N) is 1. The molecular formula is C16H13N3O3. The van der Waals surface area contributed by atoms with E-state index in [2.05, 4.69) is 15.3 Å². The number of rotatable bonds is 4. The van der Waals surface area contributed by atoms with Crippen LogP contribution in [0.25, 0.3) is 22.5 Å². The summed E-state index contributed by atoms with van der Waals surface area (Å²) in [5.41, 5.74) is 2.83. The molecule has 0 aliphatic rings. The van der Waals surface area contributed by atoms with E-state index in [4.69, 9.17) is 9.52 Å². The Bertz CT molecular complexity index is 784. The highest BCUT2D eigenvalue weighted by atomic mass is 16.4. The monoisotopic (exact) mass is 295 g/mol. The van der Waals surface area contributed by atoms with Crippen molar-refractivity contribution in [3.8, 4) is 22.5 Å². The van der Waals surface area contributed by atoms with Crippen molar-refractivity contribution in [2.24, 2.45) is 0 Å². The SMILES string of the molecule is O=C(O)NCc1ccc(-c2cnccc2-c2ccncc2)o1. The fourth-order valence-corrected chi connectivity index (χ4v) is 2.15. The van der Waals surface area contributed by atoms with Gasteiger partial charge in [-0.25, -0.2) is 4.79 Å². The minimum atomic E-state index is -1.09. The number of hydrogen-bond acceptors (Lipinski definition) is 4. The van der Waals surface area contributed by atoms with Crippen molar-refractivity contribution in [1.29, 1.82) is 0 Å². The molecule has 0 saturated carbocycles. The summed E-state index contributed by atoms with van der Waals surface area (Å²) in [6.45, 7) is 0.125. The highest BCUT2D eigenvalue weighted by Gasteiger charge is 2.11. The normalized spacial score (nSPS) is 10.4. The summed E-state index contributed by atoms with van der Waals surface area (Å²) in [5.74, 6) is 1.18. The predicted octanol–water partition coefficient (Wildman–Crippen LogP) is 3.17. The van der Waals surface area contributed by atoms with E-state index in [0.29, 0.717) is 11.5 Å². The maximum absolute atomic E-state index is 10.5. The summed E-state index contributed by atoms with van der Waals surface area (Å²) in [6.07, 6.45) is 5.81. The fourth-order valence-electron chi connectivity index (χ4n) is 2.15. The molecule has 1 amide bonds. The lowest BCUT2D eigenvalue weighted by atomic mass is 10.0. The van der Waals surface area contributed by atoms with E-state index in [0.717, 1.165) is 16.7 Å². The molecule has 0 bridgehead atoms. The van der Waals surface area contributed by atoms with Gasteiger partial charge in [0.15, 0.2) is 0 Å². The molecule has 6 heteroatoms. The number of hydrogen-bond donors (Lipinski definition) is 2. The average molecular weight is 295 g/mol. The Balaban J connectivity index is 1.94. The van der Waals surface area contributed by atoms with Crippen molar-refractivity contribution < 1.29 is 14.3 Å². The first-order valence-corrected chi connectivity index (χ1v) is 6.64. The van der Waals surface area contributed by atoms with Gasteiger partial charge in [0.2, 0.25) is 0 Å². The standard InChI is InChI=1S/C16H13N3O3/c20-16(21)19-9-12-1-2-15(22-12)14-10-18-8-5-13(14)11-3-6-17-7-4-11/h1-8,10,19H,9H2,(H,20,21). The zero-order valence-electron chi connectivity index (χ0n) is 11.6.